The molecule has 0 bridgehead atoms. The van der Waals surface area contributed by atoms with E-state index >= 15 is 0 Å². The Morgan fingerprint density at radius 2 is 1.14 bits per heavy atom. The Morgan fingerprint density at radius 1 is 0.682 bits per heavy atom. The maximum atomic E-state index is 6.01. The van der Waals surface area contributed by atoms with Crippen LogP contribution in [0.2, 0.25) is 13.1 Å². The molecular weight excluding hydrogens is 288 g/mol. The standard InChI is InChI=1S/C19H42O2Si/c1-6-7-8-9-10-11-12-13-14-17-20-22(4,5)21-18-15-16-19(2)3/h19H,6-18H2,1-5H3. The molecule has 2 nitrogen and oxygen atoms in total. The van der Waals surface area contributed by atoms with Crippen molar-refractivity contribution in [3.63, 3.8) is 0 Å². The zero-order valence-corrected chi connectivity index (χ0v) is 17.1. The molecule has 0 saturated heterocycles. The summed E-state index contributed by atoms with van der Waals surface area (Å²) < 4.78 is 12.0. The van der Waals surface area contributed by atoms with Gasteiger partial charge in [0.15, 0.2) is 0 Å². The van der Waals surface area contributed by atoms with Crippen LogP contribution in [0.5, 0.6) is 0 Å². The van der Waals surface area contributed by atoms with E-state index in [1.165, 1.54) is 64.2 Å². The maximum absolute atomic E-state index is 6.01. The van der Waals surface area contributed by atoms with Crippen LogP contribution in [0.4, 0.5) is 0 Å². The Kier molecular flexibility index (Phi) is 14.8. The maximum Gasteiger partial charge on any atom is 0.331 e. The van der Waals surface area contributed by atoms with E-state index in [0.29, 0.717) is 0 Å². The molecule has 0 aromatic heterocycles. The van der Waals surface area contributed by atoms with Crippen LogP contribution < -0.4 is 0 Å². The lowest BCUT2D eigenvalue weighted by atomic mass is 10.1. The molecule has 0 aromatic carbocycles. The summed E-state index contributed by atoms with van der Waals surface area (Å²) in [6, 6.07) is 0. The highest BCUT2D eigenvalue weighted by molar-refractivity contribution is 6.64. The van der Waals surface area contributed by atoms with E-state index in [9.17, 15) is 0 Å². The molecule has 0 unspecified atom stereocenters. The minimum Gasteiger partial charge on any atom is -0.395 e. The van der Waals surface area contributed by atoms with Gasteiger partial charge >= 0.3 is 8.56 Å². The number of rotatable bonds is 16. The van der Waals surface area contributed by atoms with Gasteiger partial charge in [-0.1, -0.05) is 72.1 Å². The van der Waals surface area contributed by atoms with Gasteiger partial charge in [0.05, 0.1) is 0 Å². The van der Waals surface area contributed by atoms with Gasteiger partial charge in [-0.25, -0.2) is 0 Å². The normalized spacial score (nSPS) is 12.3. The fourth-order valence-electron chi connectivity index (χ4n) is 2.58. The monoisotopic (exact) mass is 330 g/mol. The Balaban J connectivity index is 3.34. The van der Waals surface area contributed by atoms with Gasteiger partial charge in [-0.15, -0.1) is 0 Å². The Hall–Kier alpha value is 0.137. The summed E-state index contributed by atoms with van der Waals surface area (Å²) in [5.74, 6) is 0.774. The molecule has 0 amide bonds. The molecule has 3 heteroatoms. The smallest absolute Gasteiger partial charge is 0.331 e. The van der Waals surface area contributed by atoms with Crippen molar-refractivity contribution in [3.05, 3.63) is 0 Å². The minimum absolute atomic E-state index is 0.774. The second-order valence-corrected chi connectivity index (χ2v) is 10.8. The quantitative estimate of drug-likeness (QED) is 0.232. The molecule has 0 aliphatic heterocycles. The fraction of sp³-hybridized carbons (Fsp3) is 1.00. The van der Waals surface area contributed by atoms with Crippen LogP contribution in [0, 0.1) is 5.92 Å². The van der Waals surface area contributed by atoms with E-state index in [1.807, 2.05) is 0 Å². The molecule has 22 heavy (non-hydrogen) atoms. The van der Waals surface area contributed by atoms with Gasteiger partial charge in [0, 0.05) is 13.2 Å². The van der Waals surface area contributed by atoms with Gasteiger partial charge < -0.3 is 8.85 Å². The van der Waals surface area contributed by atoms with Gasteiger partial charge in [-0.2, -0.15) is 0 Å². The van der Waals surface area contributed by atoms with Gasteiger partial charge in [0.1, 0.15) is 0 Å². The van der Waals surface area contributed by atoms with Crippen molar-refractivity contribution >= 4 is 8.56 Å². The molecule has 0 rings (SSSR count). The van der Waals surface area contributed by atoms with Crippen LogP contribution in [0.25, 0.3) is 0 Å². The zero-order valence-electron chi connectivity index (χ0n) is 16.1. The van der Waals surface area contributed by atoms with Crippen molar-refractivity contribution in [1.29, 1.82) is 0 Å². The zero-order chi connectivity index (χ0) is 16.7. The van der Waals surface area contributed by atoms with Crippen LogP contribution >= 0.6 is 0 Å². The first-order valence-electron chi connectivity index (χ1n) is 9.76. The summed E-state index contributed by atoms with van der Waals surface area (Å²) >= 11 is 0. The lowest BCUT2D eigenvalue weighted by molar-refractivity contribution is 0.171. The first-order chi connectivity index (χ1) is 10.5. The summed E-state index contributed by atoms with van der Waals surface area (Å²) in [7, 11) is -1.87. The highest BCUT2D eigenvalue weighted by Crippen LogP contribution is 2.13. The highest BCUT2D eigenvalue weighted by Gasteiger charge is 2.23. The molecule has 0 aliphatic carbocycles. The first-order valence-corrected chi connectivity index (χ1v) is 12.6. The van der Waals surface area contributed by atoms with E-state index < -0.39 is 8.56 Å². The molecule has 0 saturated carbocycles. The third-order valence-corrected chi connectivity index (χ3v) is 5.87. The van der Waals surface area contributed by atoms with E-state index in [4.69, 9.17) is 8.85 Å². The summed E-state index contributed by atoms with van der Waals surface area (Å²) in [6.07, 6.45) is 14.7. The molecular formula is C19H42O2Si. The van der Waals surface area contributed by atoms with Gasteiger partial charge in [0.2, 0.25) is 0 Å². The first kappa shape index (κ1) is 22.1. The third kappa shape index (κ3) is 16.5. The summed E-state index contributed by atoms with van der Waals surface area (Å²) in [4.78, 5) is 0. The lowest BCUT2D eigenvalue weighted by Crippen LogP contribution is -2.35. The fourth-order valence-corrected chi connectivity index (χ4v) is 3.94. The minimum atomic E-state index is -1.87. The molecule has 0 radical (unpaired) electrons. The molecule has 0 aromatic rings. The van der Waals surface area contributed by atoms with Crippen LogP contribution in [0.1, 0.15) is 91.4 Å². The summed E-state index contributed by atoms with van der Waals surface area (Å²) in [5.41, 5.74) is 0. The molecule has 0 spiro atoms. The number of unbranched alkanes of at least 4 members (excludes halogenated alkanes) is 8. The van der Waals surface area contributed by atoms with Crippen LogP contribution in [-0.2, 0) is 8.85 Å². The number of hydrogen-bond donors (Lipinski definition) is 0. The van der Waals surface area contributed by atoms with Gasteiger partial charge in [-0.3, -0.25) is 0 Å². The average molecular weight is 331 g/mol. The predicted molar refractivity (Wildman–Crippen MR) is 101 cm³/mol. The van der Waals surface area contributed by atoms with Crippen LogP contribution in [-0.4, -0.2) is 21.8 Å². The van der Waals surface area contributed by atoms with Crippen LogP contribution in [0.3, 0.4) is 0 Å². The second-order valence-electron chi connectivity index (χ2n) is 7.46. The van der Waals surface area contributed by atoms with Crippen molar-refractivity contribution in [2.24, 2.45) is 5.92 Å². The average Bonchev–Trinajstić information content (AvgIpc) is 2.45. The molecule has 134 valence electrons. The SMILES string of the molecule is CCCCCCCCCCCO[Si](C)(C)OCCCC(C)C. The third-order valence-electron chi connectivity index (χ3n) is 4.07. The summed E-state index contributed by atoms with van der Waals surface area (Å²) in [5, 5.41) is 0. The topological polar surface area (TPSA) is 18.5 Å². The van der Waals surface area contributed by atoms with E-state index in [-0.39, 0.29) is 0 Å². The van der Waals surface area contributed by atoms with E-state index in [0.717, 1.165) is 25.6 Å². The molecule has 0 heterocycles. The van der Waals surface area contributed by atoms with Crippen molar-refractivity contribution < 1.29 is 8.85 Å². The Morgan fingerprint density at radius 3 is 1.64 bits per heavy atom. The lowest BCUT2D eigenvalue weighted by Gasteiger charge is -2.23. The Labute approximate surface area is 141 Å². The summed E-state index contributed by atoms with van der Waals surface area (Å²) in [6.45, 7) is 12.9. The van der Waals surface area contributed by atoms with E-state index in [1.54, 1.807) is 0 Å². The van der Waals surface area contributed by atoms with Gasteiger partial charge in [-0.05, 0) is 38.3 Å². The van der Waals surface area contributed by atoms with Crippen molar-refractivity contribution in [1.82, 2.24) is 0 Å². The number of hydrogen-bond acceptors (Lipinski definition) is 2. The van der Waals surface area contributed by atoms with Crippen molar-refractivity contribution in [2.75, 3.05) is 13.2 Å². The molecule has 0 atom stereocenters. The largest absolute Gasteiger partial charge is 0.395 e. The predicted octanol–water partition coefficient (Wildman–Crippen LogP) is 6.69. The van der Waals surface area contributed by atoms with E-state index in [2.05, 4.69) is 33.9 Å². The van der Waals surface area contributed by atoms with Crippen molar-refractivity contribution in [3.8, 4) is 0 Å². The van der Waals surface area contributed by atoms with Crippen LogP contribution in [0.15, 0.2) is 0 Å². The Bertz CT molecular complexity index is 229. The van der Waals surface area contributed by atoms with Crippen molar-refractivity contribution in [2.45, 2.75) is 104 Å². The molecule has 0 fully saturated rings. The second kappa shape index (κ2) is 14.7. The molecule has 0 N–H and O–H groups in total. The highest BCUT2D eigenvalue weighted by atomic mass is 28.4. The molecule has 0 aliphatic rings. The van der Waals surface area contributed by atoms with Gasteiger partial charge in [0.25, 0.3) is 0 Å².